The van der Waals surface area contributed by atoms with E-state index in [1.165, 1.54) is 6.20 Å². The minimum Gasteiger partial charge on any atom is -0.383 e. The highest BCUT2D eigenvalue weighted by Gasteiger charge is 2.46. The molecule has 10 heteroatoms. The van der Waals surface area contributed by atoms with Crippen molar-refractivity contribution < 1.29 is 13.6 Å². The predicted molar refractivity (Wildman–Crippen MR) is 140 cm³/mol. The summed E-state index contributed by atoms with van der Waals surface area (Å²) in [5.41, 5.74) is 7.86. The van der Waals surface area contributed by atoms with Crippen LogP contribution in [0, 0.1) is 6.92 Å². The number of alkyl halides is 2. The van der Waals surface area contributed by atoms with Crippen LogP contribution in [0.5, 0.6) is 0 Å². The summed E-state index contributed by atoms with van der Waals surface area (Å²) in [5.74, 6) is -2.95. The third-order valence-corrected chi connectivity index (χ3v) is 6.37. The van der Waals surface area contributed by atoms with Crippen LogP contribution < -0.4 is 16.6 Å². The Kier molecular flexibility index (Phi) is 8.60. The Hall–Kier alpha value is -3.56. The van der Waals surface area contributed by atoms with Gasteiger partial charge < -0.3 is 20.9 Å². The van der Waals surface area contributed by atoms with Gasteiger partial charge in [-0.25, -0.2) is 13.8 Å². The maximum absolute atomic E-state index is 13.9. The zero-order chi connectivity index (χ0) is 26.5. The highest BCUT2D eigenvalue weighted by Crippen LogP contribution is 2.38. The highest BCUT2D eigenvalue weighted by molar-refractivity contribution is 6.03. The third-order valence-electron chi connectivity index (χ3n) is 6.37. The summed E-state index contributed by atoms with van der Waals surface area (Å²) in [6, 6.07) is 5.27. The summed E-state index contributed by atoms with van der Waals surface area (Å²) in [5, 5.41) is 3.00. The molecule has 2 aliphatic rings. The lowest BCUT2D eigenvalue weighted by Gasteiger charge is -2.20. The Morgan fingerprint density at radius 2 is 1.92 bits per heavy atom. The average molecular weight is 501 g/mol. The fraction of sp³-hybridized carbons (Fsp3) is 0.462. The van der Waals surface area contributed by atoms with Crippen LogP contribution >= 0.6 is 0 Å². The van der Waals surface area contributed by atoms with E-state index in [1.807, 2.05) is 25.7 Å². The quantitative estimate of drug-likeness (QED) is 0.406. The summed E-state index contributed by atoms with van der Waals surface area (Å²) in [7, 11) is 0. The first-order valence-corrected chi connectivity index (χ1v) is 12.2. The molecule has 2 atom stereocenters. The number of benzene rings is 1. The molecule has 194 valence electrons. The number of nitrogens with two attached hydrogens (primary N) is 1. The number of hydrogen-bond acceptors (Lipinski definition) is 5. The molecule has 8 nitrogen and oxygen atoms in total. The highest BCUT2D eigenvalue weighted by atomic mass is 19.3. The number of halogens is 2. The molecule has 1 saturated heterocycles. The number of aliphatic imine (C=N–C) groups is 2. The van der Waals surface area contributed by atoms with E-state index in [0.717, 1.165) is 31.5 Å². The van der Waals surface area contributed by atoms with Crippen molar-refractivity contribution in [2.75, 3.05) is 18.4 Å². The molecule has 1 saturated carbocycles. The molecule has 1 aliphatic heterocycles. The average Bonchev–Trinajstić information content (AvgIpc) is 3.47. The molecule has 2 fully saturated rings. The predicted octanol–water partition coefficient (Wildman–Crippen LogP) is 4.26. The standard InChI is InChI=1S/C24H28F2N6O2.C2H6/c1-14-11-15(5-6-16(14)23(34)32-9-3-4-10-32)30-21(27)20-17(7-8-29-22(20)33)31-19-13-24(25,26)12-18(19)28-2;1-2/h5-8,11,18-19H,2-4,9-10,12-13H2,1H3,(H2,27,30)(H2,29,31,33);1-2H3/t18-,19-;/m0./s1. The molecule has 0 spiro atoms. The first-order valence-electron chi connectivity index (χ1n) is 12.2. The lowest BCUT2D eigenvalue weighted by molar-refractivity contribution is 0.00742. The van der Waals surface area contributed by atoms with Gasteiger partial charge in [-0.2, -0.15) is 0 Å². The first kappa shape index (κ1) is 27.0. The van der Waals surface area contributed by atoms with Crippen LogP contribution in [0.25, 0.3) is 0 Å². The molecular weight excluding hydrogens is 466 g/mol. The molecule has 1 aromatic heterocycles. The van der Waals surface area contributed by atoms with Gasteiger partial charge in [0, 0.05) is 37.7 Å². The van der Waals surface area contributed by atoms with Crippen molar-refractivity contribution in [1.29, 1.82) is 0 Å². The smallest absolute Gasteiger partial charge is 0.261 e. The van der Waals surface area contributed by atoms with E-state index in [0.29, 0.717) is 16.9 Å². The van der Waals surface area contributed by atoms with Crippen molar-refractivity contribution in [3.63, 3.8) is 0 Å². The molecule has 0 bridgehead atoms. The number of pyridine rings is 1. The normalized spacial score (nSPS) is 21.0. The van der Waals surface area contributed by atoms with E-state index in [4.69, 9.17) is 5.73 Å². The van der Waals surface area contributed by atoms with Crippen molar-refractivity contribution in [3.8, 4) is 0 Å². The van der Waals surface area contributed by atoms with Crippen molar-refractivity contribution in [1.82, 2.24) is 9.88 Å². The molecule has 1 aliphatic carbocycles. The van der Waals surface area contributed by atoms with E-state index in [2.05, 4.69) is 27.0 Å². The van der Waals surface area contributed by atoms with Crippen LogP contribution in [-0.4, -0.2) is 59.4 Å². The number of nitrogens with zero attached hydrogens (tertiary/aromatic N) is 3. The van der Waals surface area contributed by atoms with E-state index in [1.54, 1.807) is 24.3 Å². The molecule has 2 heterocycles. The van der Waals surface area contributed by atoms with Crippen LogP contribution in [0.15, 0.2) is 45.2 Å². The summed E-state index contributed by atoms with van der Waals surface area (Å²) in [4.78, 5) is 37.9. The van der Waals surface area contributed by atoms with E-state index < -0.39 is 36.4 Å². The molecule has 36 heavy (non-hydrogen) atoms. The van der Waals surface area contributed by atoms with Crippen LogP contribution in [0.2, 0.25) is 0 Å². The zero-order valence-corrected chi connectivity index (χ0v) is 21.0. The van der Waals surface area contributed by atoms with Crippen LogP contribution in [0.4, 0.5) is 20.2 Å². The second-order valence-electron chi connectivity index (χ2n) is 8.86. The number of aromatic amines is 1. The van der Waals surface area contributed by atoms with Crippen LogP contribution in [0.3, 0.4) is 0 Å². The Morgan fingerprint density at radius 3 is 2.56 bits per heavy atom. The zero-order valence-electron chi connectivity index (χ0n) is 21.0. The second-order valence-corrected chi connectivity index (χ2v) is 8.86. The molecule has 2 aromatic rings. The monoisotopic (exact) mass is 500 g/mol. The fourth-order valence-electron chi connectivity index (χ4n) is 4.62. The number of likely N-dealkylation sites (tertiary alicyclic amines) is 1. The van der Waals surface area contributed by atoms with Gasteiger partial charge in [0.05, 0.1) is 23.5 Å². The van der Waals surface area contributed by atoms with Gasteiger partial charge in [0.2, 0.25) is 0 Å². The molecule has 0 unspecified atom stereocenters. The Bertz CT molecular complexity index is 1190. The number of carbonyl (C=O) groups excluding carboxylic acids is 1. The van der Waals surface area contributed by atoms with Crippen LogP contribution in [0.1, 0.15) is 61.0 Å². The summed E-state index contributed by atoms with van der Waals surface area (Å²) < 4.78 is 27.8. The molecule has 4 N–H and O–H groups in total. The number of aromatic nitrogens is 1. The first-order chi connectivity index (χ1) is 17.2. The SMILES string of the molecule is C=N[C@H]1CC(F)(F)C[C@@H]1Nc1cc[nH]c(=O)c1C(N)=Nc1ccc(C(=O)N2CCCC2)c(C)c1.CC. The third kappa shape index (κ3) is 5.98. The van der Waals surface area contributed by atoms with Crippen molar-refractivity contribution >= 4 is 29.8 Å². The number of carbonyl (C=O) groups is 1. The van der Waals surface area contributed by atoms with Crippen molar-refractivity contribution in [2.45, 2.75) is 64.5 Å². The maximum Gasteiger partial charge on any atom is 0.261 e. The summed E-state index contributed by atoms with van der Waals surface area (Å²) >= 11 is 0. The van der Waals surface area contributed by atoms with Gasteiger partial charge in [-0.05, 0) is 56.3 Å². The molecular formula is C26H34F2N6O2. The Labute approximate surface area is 209 Å². The molecule has 4 rings (SSSR count). The largest absolute Gasteiger partial charge is 0.383 e. The fourth-order valence-corrected chi connectivity index (χ4v) is 4.62. The number of anilines is 1. The number of aryl methyl sites for hydroxylation is 1. The van der Waals surface area contributed by atoms with Gasteiger partial charge in [0.25, 0.3) is 17.4 Å². The number of amidine groups is 1. The maximum atomic E-state index is 13.9. The lowest BCUT2D eigenvalue weighted by atomic mass is 10.1. The lowest BCUT2D eigenvalue weighted by Crippen LogP contribution is -2.32. The number of H-pyrrole nitrogens is 1. The number of nitrogens with one attached hydrogen (secondary N) is 2. The number of hydrogen-bond donors (Lipinski definition) is 3. The van der Waals surface area contributed by atoms with Gasteiger partial charge in [-0.3, -0.25) is 14.6 Å². The summed E-state index contributed by atoms with van der Waals surface area (Å²) in [6.45, 7) is 10.8. The summed E-state index contributed by atoms with van der Waals surface area (Å²) in [6.07, 6.45) is 2.60. The van der Waals surface area contributed by atoms with Crippen LogP contribution in [-0.2, 0) is 0 Å². The van der Waals surface area contributed by atoms with Gasteiger partial charge in [0.1, 0.15) is 11.4 Å². The topological polar surface area (TPSA) is 116 Å². The van der Waals surface area contributed by atoms with E-state index >= 15 is 0 Å². The van der Waals surface area contributed by atoms with E-state index in [9.17, 15) is 18.4 Å². The number of amides is 1. The number of rotatable bonds is 6. The molecule has 1 amide bonds. The van der Waals surface area contributed by atoms with Crippen molar-refractivity contribution in [2.24, 2.45) is 15.7 Å². The Morgan fingerprint density at radius 1 is 1.22 bits per heavy atom. The van der Waals surface area contributed by atoms with Gasteiger partial charge in [-0.15, -0.1) is 0 Å². The second kappa shape index (κ2) is 11.5. The minimum absolute atomic E-state index is 0.0109. The van der Waals surface area contributed by atoms with Crippen molar-refractivity contribution in [3.05, 3.63) is 57.5 Å². The van der Waals surface area contributed by atoms with Gasteiger partial charge in [-0.1, -0.05) is 13.8 Å². The Balaban J connectivity index is 0.00000176. The molecule has 1 aromatic carbocycles. The van der Waals surface area contributed by atoms with E-state index in [-0.39, 0.29) is 17.3 Å². The minimum atomic E-state index is -2.86. The van der Waals surface area contributed by atoms with Gasteiger partial charge >= 0.3 is 0 Å². The molecule has 0 radical (unpaired) electrons. The van der Waals surface area contributed by atoms with Gasteiger partial charge in [0.15, 0.2) is 0 Å².